The number of rotatable bonds is 5. The van der Waals surface area contributed by atoms with Crippen molar-refractivity contribution >= 4 is 5.96 Å². The van der Waals surface area contributed by atoms with E-state index in [0.717, 1.165) is 38.3 Å². The van der Waals surface area contributed by atoms with E-state index in [-0.39, 0.29) is 0 Å². The second-order valence-electron chi connectivity index (χ2n) is 7.64. The van der Waals surface area contributed by atoms with E-state index in [1.54, 1.807) is 0 Å². The van der Waals surface area contributed by atoms with Gasteiger partial charge in [-0.25, -0.2) is 0 Å². The van der Waals surface area contributed by atoms with Gasteiger partial charge in [0.05, 0.1) is 5.69 Å². The van der Waals surface area contributed by atoms with Crippen molar-refractivity contribution in [2.24, 2.45) is 4.99 Å². The monoisotopic (exact) mass is 346 g/mol. The number of aliphatic imine (C=N–C) groups is 1. The summed E-state index contributed by atoms with van der Waals surface area (Å²) >= 11 is 0. The van der Waals surface area contributed by atoms with Crippen molar-refractivity contribution < 1.29 is 0 Å². The number of nitrogens with one attached hydrogen (secondary N) is 2. The summed E-state index contributed by atoms with van der Waals surface area (Å²) in [5, 5.41) is 11.9. The number of likely N-dealkylation sites (N-methyl/N-ethyl adjacent to an activating group) is 1. The summed E-state index contributed by atoms with van der Waals surface area (Å²) in [6.45, 7) is 9.97. The highest BCUT2D eigenvalue weighted by molar-refractivity contribution is 5.80. The Labute approximate surface area is 152 Å². The molecule has 2 aliphatic rings. The van der Waals surface area contributed by atoms with E-state index in [2.05, 4.69) is 52.2 Å². The van der Waals surface area contributed by atoms with Crippen molar-refractivity contribution in [3.63, 3.8) is 0 Å². The molecule has 1 aliphatic heterocycles. The summed E-state index contributed by atoms with van der Waals surface area (Å²) in [6, 6.07) is 1.49. The number of aromatic nitrogens is 2. The van der Waals surface area contributed by atoms with Crippen LogP contribution in [0.1, 0.15) is 57.3 Å². The van der Waals surface area contributed by atoms with Gasteiger partial charge < -0.3 is 10.6 Å². The number of hydrogen-bond acceptors (Lipinski definition) is 3. The van der Waals surface area contributed by atoms with Crippen LogP contribution in [0.5, 0.6) is 0 Å². The molecular weight excluding hydrogens is 312 g/mol. The van der Waals surface area contributed by atoms with Crippen LogP contribution in [0.2, 0.25) is 0 Å². The first kappa shape index (κ1) is 18.2. The van der Waals surface area contributed by atoms with Gasteiger partial charge >= 0.3 is 0 Å². The minimum atomic E-state index is 0.417. The zero-order chi connectivity index (χ0) is 17.8. The zero-order valence-corrected chi connectivity index (χ0v) is 16.3. The number of likely N-dealkylation sites (tertiary alicyclic amines) is 1. The van der Waals surface area contributed by atoms with Crippen LogP contribution in [-0.4, -0.2) is 59.4 Å². The Morgan fingerprint density at radius 1 is 1.40 bits per heavy atom. The third kappa shape index (κ3) is 4.35. The highest BCUT2D eigenvalue weighted by Crippen LogP contribution is 2.22. The van der Waals surface area contributed by atoms with Gasteiger partial charge in [0.15, 0.2) is 5.96 Å². The average Bonchev–Trinajstić information content (AvgIpc) is 3.24. The van der Waals surface area contributed by atoms with Crippen molar-refractivity contribution in [3.05, 3.63) is 17.5 Å². The zero-order valence-electron chi connectivity index (χ0n) is 16.3. The van der Waals surface area contributed by atoms with Crippen molar-refractivity contribution in [3.8, 4) is 0 Å². The van der Waals surface area contributed by atoms with E-state index >= 15 is 0 Å². The van der Waals surface area contributed by atoms with Crippen LogP contribution in [0.15, 0.2) is 11.2 Å². The molecule has 0 amide bonds. The predicted octanol–water partition coefficient (Wildman–Crippen LogP) is 1.97. The van der Waals surface area contributed by atoms with Gasteiger partial charge in [0.25, 0.3) is 0 Å². The highest BCUT2D eigenvalue weighted by Gasteiger charge is 2.25. The molecule has 0 radical (unpaired) electrons. The number of fused-ring (bicyclic) bond motifs is 1. The first-order valence-corrected chi connectivity index (χ1v) is 9.88. The molecule has 0 bridgehead atoms. The summed E-state index contributed by atoms with van der Waals surface area (Å²) in [6.07, 6.45) is 8.06. The molecule has 0 saturated carbocycles. The lowest BCUT2D eigenvalue weighted by Crippen LogP contribution is -2.49. The van der Waals surface area contributed by atoms with Crippen LogP contribution in [0.3, 0.4) is 0 Å². The summed E-state index contributed by atoms with van der Waals surface area (Å²) in [5.41, 5.74) is 2.67. The molecule has 25 heavy (non-hydrogen) atoms. The largest absolute Gasteiger partial charge is 0.355 e. The van der Waals surface area contributed by atoms with Crippen LogP contribution >= 0.6 is 0 Å². The topological polar surface area (TPSA) is 57.5 Å². The Hall–Kier alpha value is -1.56. The maximum absolute atomic E-state index is 4.77. The molecule has 2 heterocycles. The molecule has 1 aromatic heterocycles. The summed E-state index contributed by atoms with van der Waals surface area (Å²) in [7, 11) is 1.86. The van der Waals surface area contributed by atoms with E-state index in [1.165, 1.54) is 30.6 Å². The maximum Gasteiger partial charge on any atom is 0.191 e. The minimum Gasteiger partial charge on any atom is -0.355 e. The molecule has 1 fully saturated rings. The van der Waals surface area contributed by atoms with Crippen molar-refractivity contribution in [2.45, 2.75) is 71.0 Å². The molecule has 6 nitrogen and oxygen atoms in total. The Morgan fingerprint density at radius 3 is 2.96 bits per heavy atom. The average molecular weight is 347 g/mol. The molecular formula is C19H34N6. The Balaban J connectivity index is 1.52. The summed E-state index contributed by atoms with van der Waals surface area (Å²) in [4.78, 5) is 6.99. The number of guanidine groups is 1. The van der Waals surface area contributed by atoms with Gasteiger partial charge in [-0.2, -0.15) is 5.10 Å². The lowest BCUT2D eigenvalue weighted by atomic mass is 9.94. The Morgan fingerprint density at radius 2 is 2.24 bits per heavy atom. The molecule has 6 heteroatoms. The van der Waals surface area contributed by atoms with E-state index in [9.17, 15) is 0 Å². The van der Waals surface area contributed by atoms with Gasteiger partial charge in [-0.15, -0.1) is 0 Å². The minimum absolute atomic E-state index is 0.417. The van der Waals surface area contributed by atoms with Crippen LogP contribution in [-0.2, 0) is 12.8 Å². The highest BCUT2D eigenvalue weighted by atomic mass is 15.3. The van der Waals surface area contributed by atoms with Crippen molar-refractivity contribution in [1.82, 2.24) is 25.3 Å². The quantitative estimate of drug-likeness (QED) is 0.632. The van der Waals surface area contributed by atoms with Gasteiger partial charge in [-0.3, -0.25) is 14.6 Å². The smallest absolute Gasteiger partial charge is 0.191 e. The predicted molar refractivity (Wildman–Crippen MR) is 103 cm³/mol. The van der Waals surface area contributed by atoms with Gasteiger partial charge in [0.1, 0.15) is 0 Å². The van der Waals surface area contributed by atoms with Crippen molar-refractivity contribution in [1.29, 1.82) is 0 Å². The van der Waals surface area contributed by atoms with Crippen LogP contribution in [0.25, 0.3) is 0 Å². The standard InChI is InChI=1S/C19H34N6/c1-5-24-10-6-7-17(24)12-21-19(20-4)22-16-9-8-15-13-25(14(2)3)23-18(15)11-16/h13-14,16-17H,5-12H2,1-4H3,(H2,20,21,22). The molecule has 140 valence electrons. The van der Waals surface area contributed by atoms with Gasteiger partial charge in [-0.1, -0.05) is 6.92 Å². The molecule has 3 rings (SSSR count). The van der Waals surface area contributed by atoms with E-state index in [1.807, 2.05) is 7.05 Å². The molecule has 2 N–H and O–H groups in total. The number of aryl methyl sites for hydroxylation is 1. The van der Waals surface area contributed by atoms with E-state index < -0.39 is 0 Å². The van der Waals surface area contributed by atoms with E-state index in [0.29, 0.717) is 18.1 Å². The molecule has 2 atom stereocenters. The maximum atomic E-state index is 4.77. The lowest BCUT2D eigenvalue weighted by molar-refractivity contribution is 0.266. The lowest BCUT2D eigenvalue weighted by Gasteiger charge is -2.27. The second kappa shape index (κ2) is 8.21. The Bertz CT molecular complexity index is 591. The third-order valence-electron chi connectivity index (χ3n) is 5.60. The third-order valence-corrected chi connectivity index (χ3v) is 5.60. The second-order valence-corrected chi connectivity index (χ2v) is 7.64. The Kier molecular flexibility index (Phi) is 5.99. The molecule has 1 aromatic rings. The number of hydrogen-bond donors (Lipinski definition) is 2. The van der Waals surface area contributed by atoms with Crippen molar-refractivity contribution in [2.75, 3.05) is 26.7 Å². The van der Waals surface area contributed by atoms with Gasteiger partial charge in [0, 0.05) is 44.3 Å². The van der Waals surface area contributed by atoms with Gasteiger partial charge in [-0.05, 0) is 58.2 Å². The summed E-state index contributed by atoms with van der Waals surface area (Å²) in [5.74, 6) is 0.930. The van der Waals surface area contributed by atoms with Crippen LogP contribution < -0.4 is 10.6 Å². The molecule has 0 spiro atoms. The van der Waals surface area contributed by atoms with E-state index in [4.69, 9.17) is 5.10 Å². The van der Waals surface area contributed by atoms with Crippen LogP contribution in [0.4, 0.5) is 0 Å². The molecule has 1 saturated heterocycles. The summed E-state index contributed by atoms with van der Waals surface area (Å²) < 4.78 is 2.10. The molecule has 2 unspecified atom stereocenters. The fourth-order valence-electron chi connectivity index (χ4n) is 4.05. The SMILES string of the molecule is CCN1CCCC1CNC(=NC)NC1CCc2cn(C(C)C)nc2C1. The first-order valence-electron chi connectivity index (χ1n) is 9.88. The molecule has 0 aromatic carbocycles. The fourth-order valence-corrected chi connectivity index (χ4v) is 4.05. The first-order chi connectivity index (χ1) is 12.1. The van der Waals surface area contributed by atoms with Gasteiger partial charge in [0.2, 0.25) is 0 Å². The fraction of sp³-hybridized carbons (Fsp3) is 0.789. The number of nitrogens with zero attached hydrogens (tertiary/aromatic N) is 4. The van der Waals surface area contributed by atoms with Crippen LogP contribution in [0, 0.1) is 0 Å². The normalized spacial score (nSPS) is 24.6. The molecule has 1 aliphatic carbocycles.